The fourth-order valence-electron chi connectivity index (χ4n) is 2.02. The maximum absolute atomic E-state index is 12.2. The van der Waals surface area contributed by atoms with Gasteiger partial charge in [0, 0.05) is 18.3 Å². The molecular weight excluding hydrogens is 306 g/mol. The van der Waals surface area contributed by atoms with E-state index in [2.05, 4.69) is 10.3 Å². The maximum atomic E-state index is 12.2. The number of carbonyl (C=O) groups is 1. The Morgan fingerprint density at radius 1 is 1.33 bits per heavy atom. The third-order valence-electron chi connectivity index (χ3n) is 3.25. The fourth-order valence-corrected chi connectivity index (χ4v) is 2.02. The van der Waals surface area contributed by atoms with Crippen molar-refractivity contribution < 1.29 is 14.3 Å². The van der Waals surface area contributed by atoms with Gasteiger partial charge in [0.25, 0.3) is 5.91 Å². The van der Waals surface area contributed by atoms with Crippen LogP contribution in [0.15, 0.2) is 42.6 Å². The predicted octanol–water partition coefficient (Wildman–Crippen LogP) is 2.44. The third kappa shape index (κ3) is 4.71. The van der Waals surface area contributed by atoms with E-state index in [1.165, 1.54) is 0 Å². The molecule has 1 aromatic carbocycles. The van der Waals surface area contributed by atoms with Gasteiger partial charge in [0.15, 0.2) is 6.10 Å². The number of nitrogens with zero attached hydrogens (tertiary/aromatic N) is 2. The first-order valence-corrected chi connectivity index (χ1v) is 7.65. The van der Waals surface area contributed by atoms with Crippen molar-refractivity contribution in [3.05, 3.63) is 53.7 Å². The van der Waals surface area contributed by atoms with Crippen LogP contribution in [0, 0.1) is 11.3 Å². The summed E-state index contributed by atoms with van der Waals surface area (Å²) in [5.41, 5.74) is 1.35. The predicted molar refractivity (Wildman–Crippen MR) is 88.5 cm³/mol. The highest BCUT2D eigenvalue weighted by Crippen LogP contribution is 2.15. The molecular formula is C18H19N3O3. The number of benzene rings is 1. The van der Waals surface area contributed by atoms with Crippen LogP contribution in [0.2, 0.25) is 0 Å². The summed E-state index contributed by atoms with van der Waals surface area (Å²) >= 11 is 0. The van der Waals surface area contributed by atoms with Gasteiger partial charge in [-0.05, 0) is 44.2 Å². The average Bonchev–Trinajstić information content (AvgIpc) is 2.61. The zero-order valence-corrected chi connectivity index (χ0v) is 13.7. The van der Waals surface area contributed by atoms with E-state index >= 15 is 0 Å². The van der Waals surface area contributed by atoms with E-state index in [0.29, 0.717) is 30.3 Å². The van der Waals surface area contributed by atoms with E-state index in [1.807, 2.05) is 19.1 Å². The molecule has 1 atom stereocenters. The van der Waals surface area contributed by atoms with Crippen LogP contribution >= 0.6 is 0 Å². The SMILES string of the molecule is CCOc1ncccc1CNC(=O)C(C)Oc1ccc(C#N)cc1. The zero-order valence-electron chi connectivity index (χ0n) is 13.7. The van der Waals surface area contributed by atoms with Gasteiger partial charge < -0.3 is 14.8 Å². The van der Waals surface area contributed by atoms with Gasteiger partial charge in [0.05, 0.1) is 18.2 Å². The number of ether oxygens (including phenoxy) is 2. The molecule has 0 bridgehead atoms. The van der Waals surface area contributed by atoms with Crippen LogP contribution in [-0.2, 0) is 11.3 Å². The van der Waals surface area contributed by atoms with Crippen molar-refractivity contribution in [3.63, 3.8) is 0 Å². The second kappa shape index (κ2) is 8.53. The minimum Gasteiger partial charge on any atom is -0.481 e. The summed E-state index contributed by atoms with van der Waals surface area (Å²) in [7, 11) is 0. The van der Waals surface area contributed by atoms with E-state index in [-0.39, 0.29) is 5.91 Å². The molecule has 0 aliphatic heterocycles. The Morgan fingerprint density at radius 2 is 2.08 bits per heavy atom. The van der Waals surface area contributed by atoms with Crippen LogP contribution in [-0.4, -0.2) is 23.6 Å². The Kier molecular flexibility index (Phi) is 6.15. The van der Waals surface area contributed by atoms with Gasteiger partial charge >= 0.3 is 0 Å². The molecule has 0 aliphatic carbocycles. The first-order chi connectivity index (χ1) is 11.6. The molecule has 24 heavy (non-hydrogen) atoms. The standard InChI is InChI=1S/C18H19N3O3/c1-3-23-18-15(5-4-10-20-18)12-21-17(22)13(2)24-16-8-6-14(11-19)7-9-16/h4-10,13H,3,12H2,1-2H3,(H,21,22). The normalized spacial score (nSPS) is 11.2. The number of hydrogen-bond acceptors (Lipinski definition) is 5. The second-order valence-electron chi connectivity index (χ2n) is 5.01. The maximum Gasteiger partial charge on any atom is 0.261 e. The number of aromatic nitrogens is 1. The van der Waals surface area contributed by atoms with Crippen LogP contribution in [0.5, 0.6) is 11.6 Å². The molecule has 1 amide bonds. The summed E-state index contributed by atoms with van der Waals surface area (Å²) in [4.78, 5) is 16.3. The number of hydrogen-bond donors (Lipinski definition) is 1. The molecule has 0 aliphatic rings. The highest BCUT2D eigenvalue weighted by molar-refractivity contribution is 5.80. The number of amides is 1. The molecule has 0 radical (unpaired) electrons. The van der Waals surface area contributed by atoms with Gasteiger partial charge in [-0.2, -0.15) is 5.26 Å². The fraction of sp³-hybridized carbons (Fsp3) is 0.278. The van der Waals surface area contributed by atoms with Crippen molar-refractivity contribution in [3.8, 4) is 17.7 Å². The van der Waals surface area contributed by atoms with E-state index in [1.54, 1.807) is 43.5 Å². The Morgan fingerprint density at radius 3 is 2.75 bits per heavy atom. The van der Waals surface area contributed by atoms with Crippen molar-refractivity contribution in [2.45, 2.75) is 26.5 Å². The van der Waals surface area contributed by atoms with E-state index < -0.39 is 6.10 Å². The molecule has 1 N–H and O–H groups in total. The lowest BCUT2D eigenvalue weighted by Gasteiger charge is -2.15. The van der Waals surface area contributed by atoms with Gasteiger partial charge in [0.1, 0.15) is 5.75 Å². The van der Waals surface area contributed by atoms with Crippen molar-refractivity contribution >= 4 is 5.91 Å². The van der Waals surface area contributed by atoms with Crippen LogP contribution in [0.25, 0.3) is 0 Å². The number of nitriles is 1. The molecule has 6 nitrogen and oxygen atoms in total. The van der Waals surface area contributed by atoms with Gasteiger partial charge in [-0.15, -0.1) is 0 Å². The zero-order chi connectivity index (χ0) is 17.4. The quantitative estimate of drug-likeness (QED) is 0.845. The summed E-state index contributed by atoms with van der Waals surface area (Å²) in [6, 6.07) is 12.3. The molecule has 0 saturated heterocycles. The molecule has 0 fully saturated rings. The summed E-state index contributed by atoms with van der Waals surface area (Å²) in [6.45, 7) is 4.37. The van der Waals surface area contributed by atoms with Crippen molar-refractivity contribution in [1.82, 2.24) is 10.3 Å². The van der Waals surface area contributed by atoms with Crippen molar-refractivity contribution in [1.29, 1.82) is 5.26 Å². The lowest BCUT2D eigenvalue weighted by Crippen LogP contribution is -2.36. The average molecular weight is 325 g/mol. The third-order valence-corrected chi connectivity index (χ3v) is 3.25. The first kappa shape index (κ1) is 17.3. The van der Waals surface area contributed by atoms with Gasteiger partial charge in [-0.25, -0.2) is 4.98 Å². The summed E-state index contributed by atoms with van der Waals surface area (Å²) in [6.07, 6.45) is 0.984. The first-order valence-electron chi connectivity index (χ1n) is 7.65. The van der Waals surface area contributed by atoms with Gasteiger partial charge in [-0.1, -0.05) is 6.07 Å². The molecule has 6 heteroatoms. The molecule has 2 aromatic rings. The van der Waals surface area contributed by atoms with Crippen molar-refractivity contribution in [2.24, 2.45) is 0 Å². The number of carbonyl (C=O) groups excluding carboxylic acids is 1. The Bertz CT molecular complexity index is 723. The van der Waals surface area contributed by atoms with E-state index in [9.17, 15) is 4.79 Å². The van der Waals surface area contributed by atoms with Crippen LogP contribution in [0.4, 0.5) is 0 Å². The topological polar surface area (TPSA) is 84.2 Å². The second-order valence-corrected chi connectivity index (χ2v) is 5.01. The Labute approximate surface area is 141 Å². The van der Waals surface area contributed by atoms with Gasteiger partial charge in [0.2, 0.25) is 5.88 Å². The highest BCUT2D eigenvalue weighted by atomic mass is 16.5. The number of rotatable bonds is 7. The summed E-state index contributed by atoms with van der Waals surface area (Å²) in [5, 5.41) is 11.6. The largest absolute Gasteiger partial charge is 0.481 e. The van der Waals surface area contributed by atoms with E-state index in [4.69, 9.17) is 14.7 Å². The molecule has 0 saturated carbocycles. The molecule has 1 aromatic heterocycles. The number of pyridine rings is 1. The highest BCUT2D eigenvalue weighted by Gasteiger charge is 2.15. The van der Waals surface area contributed by atoms with E-state index in [0.717, 1.165) is 5.56 Å². The lowest BCUT2D eigenvalue weighted by molar-refractivity contribution is -0.127. The monoisotopic (exact) mass is 325 g/mol. The Balaban J connectivity index is 1.91. The molecule has 2 rings (SSSR count). The Hall–Kier alpha value is -3.07. The smallest absolute Gasteiger partial charge is 0.261 e. The van der Waals surface area contributed by atoms with Crippen LogP contribution < -0.4 is 14.8 Å². The minimum atomic E-state index is -0.662. The van der Waals surface area contributed by atoms with Crippen LogP contribution in [0.1, 0.15) is 25.0 Å². The lowest BCUT2D eigenvalue weighted by atomic mass is 10.2. The minimum absolute atomic E-state index is 0.245. The molecule has 124 valence electrons. The van der Waals surface area contributed by atoms with Crippen LogP contribution in [0.3, 0.4) is 0 Å². The number of nitrogens with one attached hydrogen (secondary N) is 1. The summed E-state index contributed by atoms with van der Waals surface area (Å²) in [5.74, 6) is 0.805. The van der Waals surface area contributed by atoms with Crippen molar-refractivity contribution in [2.75, 3.05) is 6.61 Å². The molecule has 1 heterocycles. The van der Waals surface area contributed by atoms with Gasteiger partial charge in [-0.3, -0.25) is 4.79 Å². The molecule has 0 spiro atoms. The summed E-state index contributed by atoms with van der Waals surface area (Å²) < 4.78 is 11.0. The molecule has 1 unspecified atom stereocenters.